The summed E-state index contributed by atoms with van der Waals surface area (Å²) in [6, 6.07) is 27.5. The molecule has 0 radical (unpaired) electrons. The zero-order valence-electron chi connectivity index (χ0n) is 19.9. The second-order valence-electron chi connectivity index (χ2n) is 9.43. The molecule has 1 saturated heterocycles. The second kappa shape index (κ2) is 10.3. The third kappa shape index (κ3) is 5.07. The molecule has 2 aliphatic rings. The lowest BCUT2D eigenvalue weighted by Crippen LogP contribution is -2.47. The third-order valence-electron chi connectivity index (χ3n) is 7.10. The summed E-state index contributed by atoms with van der Waals surface area (Å²) in [5, 5.41) is 0. The predicted octanol–water partition coefficient (Wildman–Crippen LogP) is 5.39. The molecule has 0 saturated carbocycles. The fourth-order valence-electron chi connectivity index (χ4n) is 5.18. The zero-order chi connectivity index (χ0) is 23.3. The van der Waals surface area contributed by atoms with E-state index in [0.29, 0.717) is 0 Å². The van der Waals surface area contributed by atoms with E-state index in [0.717, 1.165) is 56.7 Å². The molecule has 4 heteroatoms. The van der Waals surface area contributed by atoms with E-state index in [2.05, 4.69) is 65.4 Å². The Morgan fingerprint density at radius 3 is 2.38 bits per heavy atom. The lowest BCUT2D eigenvalue weighted by atomic mass is 10.0. The number of hydrogen-bond donors (Lipinski definition) is 0. The van der Waals surface area contributed by atoms with Gasteiger partial charge in [-0.2, -0.15) is 0 Å². The molecule has 0 atom stereocenters. The molecule has 2 aliphatic heterocycles. The quantitative estimate of drug-likeness (QED) is 0.470. The summed E-state index contributed by atoms with van der Waals surface area (Å²) in [6.45, 7) is 4.00. The van der Waals surface area contributed by atoms with Crippen LogP contribution in [0.4, 0.5) is 11.4 Å². The van der Waals surface area contributed by atoms with Gasteiger partial charge in [-0.1, -0.05) is 66.7 Å². The van der Waals surface area contributed by atoms with Crippen molar-refractivity contribution >= 4 is 23.4 Å². The predicted molar refractivity (Wildman–Crippen MR) is 141 cm³/mol. The number of amides is 1. The van der Waals surface area contributed by atoms with Gasteiger partial charge in [0, 0.05) is 56.7 Å². The number of hydrogen-bond acceptors (Lipinski definition) is 3. The van der Waals surface area contributed by atoms with Crippen LogP contribution in [0, 0.1) is 0 Å². The number of rotatable bonds is 6. The van der Waals surface area contributed by atoms with E-state index < -0.39 is 0 Å². The molecule has 3 aromatic carbocycles. The molecule has 4 nitrogen and oxygen atoms in total. The molecule has 0 spiro atoms. The van der Waals surface area contributed by atoms with E-state index in [4.69, 9.17) is 0 Å². The van der Waals surface area contributed by atoms with E-state index in [1.54, 1.807) is 6.08 Å². The first-order valence-corrected chi connectivity index (χ1v) is 12.3. The molecule has 0 N–H and O–H groups in total. The summed E-state index contributed by atoms with van der Waals surface area (Å²) in [5.74, 6) is 0.0611. The number of nitrogens with zero attached hydrogens (tertiary/aromatic N) is 3. The number of fused-ring (bicyclic) bond motifs is 1. The van der Waals surface area contributed by atoms with Gasteiger partial charge in [-0.05, 0) is 54.2 Å². The normalized spacial score (nSPS) is 16.7. The molecule has 3 aromatic rings. The maximum Gasteiger partial charge on any atom is 0.251 e. The van der Waals surface area contributed by atoms with Crippen molar-refractivity contribution in [1.29, 1.82) is 0 Å². The van der Waals surface area contributed by atoms with Gasteiger partial charge in [-0.25, -0.2) is 0 Å². The highest BCUT2D eigenvalue weighted by Crippen LogP contribution is 2.33. The molecule has 5 rings (SSSR count). The Morgan fingerprint density at radius 1 is 0.941 bits per heavy atom. The highest BCUT2D eigenvalue weighted by Gasteiger charge is 2.29. The van der Waals surface area contributed by atoms with Crippen LogP contribution in [-0.2, 0) is 17.8 Å². The Labute approximate surface area is 203 Å². The number of carbonyl (C=O) groups is 1. The van der Waals surface area contributed by atoms with Crippen molar-refractivity contribution in [2.24, 2.45) is 0 Å². The molecular formula is C30H33N3O. The number of piperidine rings is 1. The lowest BCUT2D eigenvalue weighted by Gasteiger charge is -2.38. The molecule has 0 unspecified atom stereocenters. The van der Waals surface area contributed by atoms with Gasteiger partial charge in [0.2, 0.25) is 0 Å². The van der Waals surface area contributed by atoms with Gasteiger partial charge in [0.05, 0.1) is 0 Å². The van der Waals surface area contributed by atoms with E-state index in [9.17, 15) is 4.79 Å². The highest BCUT2D eigenvalue weighted by atomic mass is 16.2. The first-order valence-electron chi connectivity index (χ1n) is 12.3. The number of likely N-dealkylation sites (N-methyl/N-ethyl adjacent to an activating group) is 1. The third-order valence-corrected chi connectivity index (χ3v) is 7.10. The number of carbonyl (C=O) groups excluding carboxylic acids is 1. The molecule has 2 heterocycles. The minimum Gasteiger partial charge on any atom is -0.374 e. The maximum absolute atomic E-state index is 13.6. The molecule has 1 amide bonds. The number of likely N-dealkylation sites (tertiary alicyclic amines) is 1. The first kappa shape index (κ1) is 22.4. The van der Waals surface area contributed by atoms with E-state index in [1.807, 2.05) is 41.3 Å². The monoisotopic (exact) mass is 451 g/mol. The molecule has 174 valence electrons. The van der Waals surface area contributed by atoms with Crippen molar-refractivity contribution in [3.05, 3.63) is 102 Å². The molecule has 0 bridgehead atoms. The van der Waals surface area contributed by atoms with Crippen LogP contribution in [0.25, 0.3) is 6.08 Å². The SMILES string of the molecule is CN1CCc2ccc(N(C(=O)/C=C/c3ccccc3)C3CCN(Cc4ccccc4)CC3)cc21. The van der Waals surface area contributed by atoms with Crippen LogP contribution in [0.1, 0.15) is 29.5 Å². The van der Waals surface area contributed by atoms with Gasteiger partial charge in [-0.15, -0.1) is 0 Å². The van der Waals surface area contributed by atoms with E-state index >= 15 is 0 Å². The largest absolute Gasteiger partial charge is 0.374 e. The Morgan fingerprint density at radius 2 is 1.65 bits per heavy atom. The average Bonchev–Trinajstić information content (AvgIpc) is 3.25. The van der Waals surface area contributed by atoms with Crippen LogP contribution in [-0.4, -0.2) is 43.5 Å². The highest BCUT2D eigenvalue weighted by molar-refractivity contribution is 6.04. The summed E-state index contributed by atoms with van der Waals surface area (Å²) < 4.78 is 0. The zero-order valence-corrected chi connectivity index (χ0v) is 19.9. The van der Waals surface area contributed by atoms with Crippen molar-refractivity contribution in [3.8, 4) is 0 Å². The smallest absolute Gasteiger partial charge is 0.251 e. The van der Waals surface area contributed by atoms with Gasteiger partial charge in [0.15, 0.2) is 0 Å². The summed E-state index contributed by atoms with van der Waals surface area (Å²) in [5.41, 5.74) is 6.03. The van der Waals surface area contributed by atoms with Crippen LogP contribution in [0.2, 0.25) is 0 Å². The number of anilines is 2. The minimum atomic E-state index is 0.0611. The van der Waals surface area contributed by atoms with E-state index in [1.165, 1.54) is 16.8 Å². The van der Waals surface area contributed by atoms with Crippen LogP contribution in [0.3, 0.4) is 0 Å². The topological polar surface area (TPSA) is 26.8 Å². The van der Waals surface area contributed by atoms with Crippen molar-refractivity contribution in [2.75, 3.05) is 36.5 Å². The summed E-state index contributed by atoms with van der Waals surface area (Å²) >= 11 is 0. The van der Waals surface area contributed by atoms with Crippen molar-refractivity contribution < 1.29 is 4.79 Å². The summed E-state index contributed by atoms with van der Waals surface area (Å²) in [7, 11) is 2.14. The van der Waals surface area contributed by atoms with Crippen molar-refractivity contribution in [1.82, 2.24) is 4.90 Å². The number of benzene rings is 3. The van der Waals surface area contributed by atoms with E-state index in [-0.39, 0.29) is 11.9 Å². The Kier molecular flexibility index (Phi) is 6.77. The van der Waals surface area contributed by atoms with Gasteiger partial charge in [-0.3, -0.25) is 9.69 Å². The van der Waals surface area contributed by atoms with Crippen LogP contribution in [0.5, 0.6) is 0 Å². The van der Waals surface area contributed by atoms with Crippen molar-refractivity contribution in [3.63, 3.8) is 0 Å². The fourth-order valence-corrected chi connectivity index (χ4v) is 5.18. The standard InChI is InChI=1S/C30H33N3O/c1-31-19-16-26-13-14-28(22-29(26)31)33(30(34)15-12-24-8-4-2-5-9-24)27-17-20-32(21-18-27)23-25-10-6-3-7-11-25/h2-15,22,27H,16-21,23H2,1H3/b15-12+. The Bertz CT molecular complexity index is 1130. The second-order valence-corrected chi connectivity index (χ2v) is 9.43. The van der Waals surface area contributed by atoms with Crippen LogP contribution < -0.4 is 9.80 Å². The molecule has 34 heavy (non-hydrogen) atoms. The lowest BCUT2D eigenvalue weighted by molar-refractivity contribution is -0.114. The minimum absolute atomic E-state index is 0.0611. The van der Waals surface area contributed by atoms with Gasteiger partial charge in [0.25, 0.3) is 5.91 Å². The maximum atomic E-state index is 13.6. The molecular weight excluding hydrogens is 418 g/mol. The Hall–Kier alpha value is -3.37. The average molecular weight is 452 g/mol. The van der Waals surface area contributed by atoms with Crippen molar-refractivity contribution in [2.45, 2.75) is 31.8 Å². The summed E-state index contributed by atoms with van der Waals surface area (Å²) in [6.07, 6.45) is 6.70. The van der Waals surface area contributed by atoms with Gasteiger partial charge in [0.1, 0.15) is 0 Å². The fraction of sp³-hybridized carbons (Fsp3) is 0.300. The van der Waals surface area contributed by atoms with Gasteiger partial charge < -0.3 is 9.80 Å². The van der Waals surface area contributed by atoms with Gasteiger partial charge >= 0.3 is 0 Å². The Balaban J connectivity index is 1.36. The van der Waals surface area contributed by atoms with Crippen LogP contribution in [0.15, 0.2) is 84.9 Å². The summed E-state index contributed by atoms with van der Waals surface area (Å²) in [4.78, 5) is 20.4. The molecule has 0 aromatic heterocycles. The first-order chi connectivity index (χ1) is 16.7. The molecule has 0 aliphatic carbocycles. The van der Waals surface area contributed by atoms with Crippen LogP contribution >= 0.6 is 0 Å². The molecule has 1 fully saturated rings.